The van der Waals surface area contributed by atoms with Crippen molar-refractivity contribution in [3.63, 3.8) is 0 Å². The van der Waals surface area contributed by atoms with E-state index < -0.39 is 0 Å². The monoisotopic (exact) mass is 404 g/mol. The van der Waals surface area contributed by atoms with E-state index in [-0.39, 0.29) is 17.5 Å². The molecular weight excluding hydrogens is 384 g/mol. The summed E-state index contributed by atoms with van der Waals surface area (Å²) in [6.45, 7) is 4.44. The number of nitrogens with zero attached hydrogens (tertiary/aromatic N) is 1. The van der Waals surface area contributed by atoms with Gasteiger partial charge in [0, 0.05) is 10.6 Å². The molecule has 0 spiro atoms. The molecule has 0 bridgehead atoms. The lowest BCUT2D eigenvalue weighted by molar-refractivity contribution is -0.120. The van der Waals surface area contributed by atoms with Crippen molar-refractivity contribution >= 4 is 40.1 Å². The Morgan fingerprint density at radius 1 is 1.00 bits per heavy atom. The van der Waals surface area contributed by atoms with Gasteiger partial charge >= 0.3 is 0 Å². The Hall–Kier alpha value is -3.38. The van der Waals surface area contributed by atoms with Crippen LogP contribution in [0.5, 0.6) is 5.75 Å². The Labute approximate surface area is 173 Å². The van der Waals surface area contributed by atoms with Crippen molar-refractivity contribution in [1.82, 2.24) is 0 Å². The number of ether oxygens (including phenoxy) is 1. The predicted octanol–water partition coefficient (Wildman–Crippen LogP) is 4.85. The smallest absolute Gasteiger partial charge is 0.282 e. The van der Waals surface area contributed by atoms with Gasteiger partial charge in [-0.2, -0.15) is 0 Å². The van der Waals surface area contributed by atoms with Gasteiger partial charge < -0.3 is 10.1 Å². The molecule has 0 saturated carbocycles. The fraction of sp³-hybridized carbons (Fsp3) is 0.130. The number of rotatable bonds is 6. The normalized spacial score (nSPS) is 13.9. The third-order valence-electron chi connectivity index (χ3n) is 4.55. The van der Waals surface area contributed by atoms with E-state index in [1.807, 2.05) is 73.8 Å². The second-order valence-electron chi connectivity index (χ2n) is 6.59. The van der Waals surface area contributed by atoms with Crippen LogP contribution < -0.4 is 15.0 Å². The molecule has 146 valence electrons. The van der Waals surface area contributed by atoms with Crippen LogP contribution in [0.2, 0.25) is 0 Å². The van der Waals surface area contributed by atoms with Gasteiger partial charge in [0.1, 0.15) is 11.4 Å². The van der Waals surface area contributed by atoms with Gasteiger partial charge in [0.15, 0.2) is 0 Å². The number of benzene rings is 2. The minimum atomic E-state index is -0.363. The first-order valence-electron chi connectivity index (χ1n) is 9.32. The van der Waals surface area contributed by atoms with E-state index in [1.54, 1.807) is 6.07 Å². The molecule has 1 aromatic heterocycles. The average molecular weight is 404 g/mol. The highest BCUT2D eigenvalue weighted by Gasteiger charge is 2.40. The maximum Gasteiger partial charge on any atom is 0.282 e. The molecule has 6 heteroatoms. The standard InChI is InChI=1S/C23H20N2O3S/c1-3-28-18-11-9-16(10-12-18)24-21-20(19-8-5-13-29-19)22(26)25(23(21)27)17-7-4-6-15(2)14-17/h4-14,24H,3H2,1-2H3. The van der Waals surface area contributed by atoms with Crippen LogP contribution in [0.3, 0.4) is 0 Å². The molecule has 2 heterocycles. The van der Waals surface area contributed by atoms with Crippen LogP contribution in [-0.2, 0) is 9.59 Å². The van der Waals surface area contributed by atoms with Crippen LogP contribution in [0.15, 0.2) is 71.7 Å². The lowest BCUT2D eigenvalue weighted by Gasteiger charge is -2.16. The molecule has 1 aliphatic heterocycles. The molecular formula is C23H20N2O3S. The number of aryl methyl sites for hydroxylation is 1. The molecule has 4 rings (SSSR count). The number of anilines is 2. The molecule has 0 radical (unpaired) electrons. The number of thiophene rings is 1. The van der Waals surface area contributed by atoms with Gasteiger partial charge in [-0.05, 0) is 67.3 Å². The molecule has 0 saturated heterocycles. The van der Waals surface area contributed by atoms with Gasteiger partial charge in [-0.1, -0.05) is 18.2 Å². The quantitative estimate of drug-likeness (QED) is 0.597. The molecule has 1 aliphatic rings. The zero-order valence-electron chi connectivity index (χ0n) is 16.1. The van der Waals surface area contributed by atoms with Crippen molar-refractivity contribution in [3.05, 3.63) is 82.2 Å². The van der Waals surface area contributed by atoms with Crippen molar-refractivity contribution in [2.24, 2.45) is 0 Å². The van der Waals surface area contributed by atoms with Crippen LogP contribution in [0.4, 0.5) is 11.4 Å². The molecule has 5 nitrogen and oxygen atoms in total. The topological polar surface area (TPSA) is 58.6 Å². The zero-order chi connectivity index (χ0) is 20.4. The van der Waals surface area contributed by atoms with Gasteiger partial charge in [-0.15, -0.1) is 11.3 Å². The number of hydrogen-bond donors (Lipinski definition) is 1. The van der Waals surface area contributed by atoms with Gasteiger partial charge in [0.25, 0.3) is 11.8 Å². The summed E-state index contributed by atoms with van der Waals surface area (Å²) in [5.41, 5.74) is 2.93. The molecule has 0 aliphatic carbocycles. The van der Waals surface area contributed by atoms with Crippen molar-refractivity contribution < 1.29 is 14.3 Å². The molecule has 0 atom stereocenters. The summed E-state index contributed by atoms with van der Waals surface area (Å²) in [5, 5.41) is 5.05. The molecule has 29 heavy (non-hydrogen) atoms. The SMILES string of the molecule is CCOc1ccc(NC2=C(c3cccs3)C(=O)N(c3cccc(C)c3)C2=O)cc1. The second-order valence-corrected chi connectivity index (χ2v) is 7.54. The number of hydrogen-bond acceptors (Lipinski definition) is 5. The Morgan fingerprint density at radius 3 is 2.45 bits per heavy atom. The Kier molecular flexibility index (Phi) is 5.18. The highest BCUT2D eigenvalue weighted by Crippen LogP contribution is 2.35. The lowest BCUT2D eigenvalue weighted by atomic mass is 10.1. The van der Waals surface area contributed by atoms with Crippen molar-refractivity contribution in [2.75, 3.05) is 16.8 Å². The fourth-order valence-electron chi connectivity index (χ4n) is 3.24. The minimum absolute atomic E-state index is 0.281. The van der Waals surface area contributed by atoms with Gasteiger partial charge in [0.05, 0.1) is 17.9 Å². The van der Waals surface area contributed by atoms with Gasteiger partial charge in [0.2, 0.25) is 0 Å². The average Bonchev–Trinajstić information content (AvgIpc) is 3.31. The zero-order valence-corrected chi connectivity index (χ0v) is 17.0. The van der Waals surface area contributed by atoms with Gasteiger partial charge in [-0.25, -0.2) is 4.90 Å². The van der Waals surface area contributed by atoms with Crippen LogP contribution in [0.25, 0.3) is 5.57 Å². The van der Waals surface area contributed by atoms with E-state index in [2.05, 4.69) is 5.32 Å². The van der Waals surface area contributed by atoms with Gasteiger partial charge in [-0.3, -0.25) is 9.59 Å². The van der Waals surface area contributed by atoms with Crippen LogP contribution in [0, 0.1) is 6.92 Å². The largest absolute Gasteiger partial charge is 0.494 e. The number of carbonyl (C=O) groups is 2. The Morgan fingerprint density at radius 2 is 1.79 bits per heavy atom. The summed E-state index contributed by atoms with van der Waals surface area (Å²) in [4.78, 5) is 28.5. The van der Waals surface area contributed by atoms with E-state index in [4.69, 9.17) is 4.74 Å². The van der Waals surface area contributed by atoms with E-state index in [9.17, 15) is 9.59 Å². The van der Waals surface area contributed by atoms with E-state index in [1.165, 1.54) is 16.2 Å². The highest BCUT2D eigenvalue weighted by molar-refractivity contribution is 7.11. The summed E-state index contributed by atoms with van der Waals surface area (Å²) >= 11 is 1.43. The number of nitrogens with one attached hydrogen (secondary N) is 1. The number of carbonyl (C=O) groups excluding carboxylic acids is 2. The maximum atomic E-state index is 13.3. The molecule has 3 aromatic rings. The number of amides is 2. The third-order valence-corrected chi connectivity index (χ3v) is 5.43. The fourth-order valence-corrected chi connectivity index (χ4v) is 4.01. The molecule has 2 aromatic carbocycles. The Balaban J connectivity index is 1.73. The van der Waals surface area contributed by atoms with Crippen LogP contribution >= 0.6 is 11.3 Å². The number of imide groups is 1. The summed E-state index contributed by atoms with van der Waals surface area (Å²) in [6.07, 6.45) is 0. The Bertz CT molecular complexity index is 1090. The molecule has 0 unspecified atom stereocenters. The third kappa shape index (κ3) is 3.67. The first-order valence-corrected chi connectivity index (χ1v) is 10.2. The maximum absolute atomic E-state index is 13.3. The molecule has 0 fully saturated rings. The van der Waals surface area contributed by atoms with Crippen LogP contribution in [0.1, 0.15) is 17.4 Å². The summed E-state index contributed by atoms with van der Waals surface area (Å²) in [6, 6.07) is 18.4. The lowest BCUT2D eigenvalue weighted by Crippen LogP contribution is -2.32. The van der Waals surface area contributed by atoms with Crippen LogP contribution in [-0.4, -0.2) is 18.4 Å². The summed E-state index contributed by atoms with van der Waals surface area (Å²) < 4.78 is 5.47. The van der Waals surface area contributed by atoms with Crippen molar-refractivity contribution in [1.29, 1.82) is 0 Å². The first kappa shape index (κ1) is 19.0. The van der Waals surface area contributed by atoms with E-state index >= 15 is 0 Å². The predicted molar refractivity (Wildman–Crippen MR) is 116 cm³/mol. The summed E-state index contributed by atoms with van der Waals surface area (Å²) in [5.74, 6) is 0.0649. The van der Waals surface area contributed by atoms with Crippen molar-refractivity contribution in [2.45, 2.75) is 13.8 Å². The first-order chi connectivity index (χ1) is 14.1. The van der Waals surface area contributed by atoms with Crippen molar-refractivity contribution in [3.8, 4) is 5.75 Å². The molecule has 1 N–H and O–H groups in total. The highest BCUT2D eigenvalue weighted by atomic mass is 32.1. The minimum Gasteiger partial charge on any atom is -0.494 e. The van der Waals surface area contributed by atoms with E-state index in [0.717, 1.165) is 16.2 Å². The van der Waals surface area contributed by atoms with E-state index in [0.29, 0.717) is 23.6 Å². The summed E-state index contributed by atoms with van der Waals surface area (Å²) in [7, 11) is 0. The molecule has 2 amide bonds. The second kappa shape index (κ2) is 7.93.